The molecule has 0 bridgehead atoms. The van der Waals surface area contributed by atoms with E-state index in [1.807, 2.05) is 54.6 Å². The van der Waals surface area contributed by atoms with Crippen LogP contribution in [0.15, 0.2) is 54.6 Å². The first-order valence-corrected chi connectivity index (χ1v) is 9.30. The van der Waals surface area contributed by atoms with Gasteiger partial charge in [-0.2, -0.15) is 0 Å². The molecule has 0 saturated carbocycles. The topological polar surface area (TPSA) is 53.2 Å². The number of anilines is 1. The Morgan fingerprint density at radius 2 is 1.71 bits per heavy atom. The van der Waals surface area contributed by atoms with E-state index in [-0.39, 0.29) is 5.91 Å². The van der Waals surface area contributed by atoms with Crippen LogP contribution in [-0.2, 0) is 17.0 Å². The lowest BCUT2D eigenvalue weighted by Gasteiger charge is -2.12. The van der Waals surface area contributed by atoms with E-state index >= 15 is 0 Å². The number of rotatable bonds is 6. The van der Waals surface area contributed by atoms with Crippen LogP contribution in [0, 0.1) is 0 Å². The largest absolute Gasteiger partial charge is 0.331 e. The Bertz CT molecular complexity index is 660. The molecular weight excluding hydrogens is 338 g/mol. The fourth-order valence-corrected chi connectivity index (χ4v) is 2.94. The second-order valence-electron chi connectivity index (χ2n) is 5.16. The number of hydrogen-bond acceptors (Lipinski definition) is 3. The molecule has 0 unspecified atom stereocenters. The fraction of sp³-hybridized carbons (Fsp3) is 0.222. The van der Waals surface area contributed by atoms with Crippen LogP contribution in [0.2, 0.25) is 0 Å². The molecule has 24 heavy (non-hydrogen) atoms. The van der Waals surface area contributed by atoms with E-state index in [1.54, 1.807) is 11.8 Å². The first kappa shape index (κ1) is 18.3. The maximum atomic E-state index is 11.8. The van der Waals surface area contributed by atoms with Crippen molar-refractivity contribution >= 4 is 40.7 Å². The van der Waals surface area contributed by atoms with Gasteiger partial charge in [-0.1, -0.05) is 49.4 Å². The quantitative estimate of drug-likeness (QED) is 0.544. The lowest BCUT2D eigenvalue weighted by molar-refractivity contribution is -0.119. The molecule has 2 rings (SSSR count). The summed E-state index contributed by atoms with van der Waals surface area (Å²) in [6.45, 7) is 2.11. The summed E-state index contributed by atoms with van der Waals surface area (Å²) in [7, 11) is 0. The molecule has 1 amide bonds. The smallest absolute Gasteiger partial charge is 0.248 e. The van der Waals surface area contributed by atoms with Crippen molar-refractivity contribution in [2.45, 2.75) is 19.1 Å². The van der Waals surface area contributed by atoms with Crippen LogP contribution in [0.4, 0.5) is 5.69 Å². The highest BCUT2D eigenvalue weighted by Crippen LogP contribution is 2.11. The molecule has 0 aliphatic carbocycles. The van der Waals surface area contributed by atoms with Gasteiger partial charge in [-0.25, -0.2) is 0 Å². The standard InChI is InChI=1S/C18H21N3OS2/c1-2-14-8-10-16(11-9-14)19-18(23)21-20-17(22)13-24-12-15-6-4-3-5-7-15/h3-11H,2,12-13H2,1H3,(H,20,22)(H2,19,21,23). The van der Waals surface area contributed by atoms with Gasteiger partial charge in [0.1, 0.15) is 0 Å². The van der Waals surface area contributed by atoms with Crippen LogP contribution < -0.4 is 16.2 Å². The predicted molar refractivity (Wildman–Crippen MR) is 106 cm³/mol. The fourth-order valence-electron chi connectivity index (χ4n) is 1.98. The zero-order valence-electron chi connectivity index (χ0n) is 13.5. The zero-order valence-corrected chi connectivity index (χ0v) is 15.2. The van der Waals surface area contributed by atoms with Crippen molar-refractivity contribution in [1.29, 1.82) is 0 Å². The summed E-state index contributed by atoms with van der Waals surface area (Å²) < 4.78 is 0. The molecule has 0 spiro atoms. The van der Waals surface area contributed by atoms with Gasteiger partial charge in [0.15, 0.2) is 5.11 Å². The third-order valence-corrected chi connectivity index (χ3v) is 4.49. The van der Waals surface area contributed by atoms with Crippen molar-refractivity contribution in [3.8, 4) is 0 Å². The number of benzene rings is 2. The van der Waals surface area contributed by atoms with Crippen LogP contribution in [-0.4, -0.2) is 16.8 Å². The summed E-state index contributed by atoms with van der Waals surface area (Å²) in [5.74, 6) is 1.07. The molecule has 3 N–H and O–H groups in total. The Kier molecular flexibility index (Phi) is 7.58. The van der Waals surface area contributed by atoms with E-state index in [0.717, 1.165) is 17.9 Å². The lowest BCUT2D eigenvalue weighted by Crippen LogP contribution is -2.44. The first-order chi connectivity index (χ1) is 11.7. The van der Waals surface area contributed by atoms with Crippen LogP contribution in [0.1, 0.15) is 18.1 Å². The number of aryl methyl sites for hydroxylation is 1. The summed E-state index contributed by atoms with van der Waals surface area (Å²) in [6, 6.07) is 18.1. The minimum Gasteiger partial charge on any atom is -0.331 e. The summed E-state index contributed by atoms with van der Waals surface area (Å²) in [6.07, 6.45) is 1.000. The van der Waals surface area contributed by atoms with Gasteiger partial charge in [-0.3, -0.25) is 15.6 Å². The Balaban J connectivity index is 1.64. The van der Waals surface area contributed by atoms with Crippen LogP contribution in [0.5, 0.6) is 0 Å². The van der Waals surface area contributed by atoms with Crippen molar-refractivity contribution < 1.29 is 4.79 Å². The number of thiocarbonyl (C=S) groups is 1. The molecule has 2 aromatic rings. The Hall–Kier alpha value is -2.05. The van der Waals surface area contributed by atoms with Crippen molar-refractivity contribution in [2.24, 2.45) is 0 Å². The van der Waals surface area contributed by atoms with Gasteiger partial charge in [0.2, 0.25) is 5.91 Å². The van der Waals surface area contributed by atoms with Crippen LogP contribution >= 0.6 is 24.0 Å². The van der Waals surface area contributed by atoms with E-state index in [2.05, 4.69) is 23.1 Å². The van der Waals surface area contributed by atoms with E-state index < -0.39 is 0 Å². The SMILES string of the molecule is CCc1ccc(NC(=S)NNC(=O)CSCc2ccccc2)cc1. The molecule has 4 nitrogen and oxygen atoms in total. The average molecular weight is 360 g/mol. The number of hydrazine groups is 1. The van der Waals surface area contributed by atoms with Gasteiger partial charge in [-0.15, -0.1) is 11.8 Å². The highest BCUT2D eigenvalue weighted by Gasteiger charge is 2.03. The van der Waals surface area contributed by atoms with Crippen molar-refractivity contribution in [3.63, 3.8) is 0 Å². The predicted octanol–water partition coefficient (Wildman–Crippen LogP) is 3.50. The highest BCUT2D eigenvalue weighted by atomic mass is 32.2. The molecule has 0 saturated heterocycles. The molecule has 2 aromatic carbocycles. The van der Waals surface area contributed by atoms with E-state index in [1.165, 1.54) is 11.1 Å². The summed E-state index contributed by atoms with van der Waals surface area (Å²) in [5.41, 5.74) is 8.67. The van der Waals surface area contributed by atoms with Crippen LogP contribution in [0.25, 0.3) is 0 Å². The Labute approximate surface area is 152 Å². The minimum atomic E-state index is -0.110. The molecule has 0 atom stereocenters. The number of hydrogen-bond donors (Lipinski definition) is 3. The van der Waals surface area contributed by atoms with Crippen molar-refractivity contribution in [3.05, 3.63) is 65.7 Å². The normalized spacial score (nSPS) is 10.0. The van der Waals surface area contributed by atoms with Gasteiger partial charge in [0.25, 0.3) is 0 Å². The third-order valence-electron chi connectivity index (χ3n) is 3.28. The van der Waals surface area contributed by atoms with Crippen molar-refractivity contribution in [2.75, 3.05) is 11.1 Å². The minimum absolute atomic E-state index is 0.110. The van der Waals surface area contributed by atoms with Gasteiger partial charge in [0, 0.05) is 11.4 Å². The van der Waals surface area contributed by atoms with E-state index in [9.17, 15) is 4.79 Å². The lowest BCUT2D eigenvalue weighted by atomic mass is 10.1. The van der Waals surface area contributed by atoms with E-state index in [4.69, 9.17) is 12.2 Å². The number of amides is 1. The molecule has 0 aliphatic heterocycles. The summed E-state index contributed by atoms with van der Waals surface area (Å²) in [5, 5.41) is 3.39. The number of carbonyl (C=O) groups excluding carboxylic acids is 1. The molecule has 0 fully saturated rings. The Morgan fingerprint density at radius 3 is 2.38 bits per heavy atom. The monoisotopic (exact) mass is 359 g/mol. The van der Waals surface area contributed by atoms with Crippen molar-refractivity contribution in [1.82, 2.24) is 10.9 Å². The molecule has 126 valence electrons. The summed E-state index contributed by atoms with van der Waals surface area (Å²) in [4.78, 5) is 11.8. The maximum absolute atomic E-state index is 11.8. The first-order valence-electron chi connectivity index (χ1n) is 7.74. The van der Waals surface area contributed by atoms with Gasteiger partial charge < -0.3 is 5.32 Å². The molecule has 0 aromatic heterocycles. The third kappa shape index (κ3) is 6.60. The second-order valence-corrected chi connectivity index (χ2v) is 6.55. The van der Waals surface area contributed by atoms with Crippen LogP contribution in [0.3, 0.4) is 0 Å². The molecule has 0 aliphatic rings. The number of thioether (sulfide) groups is 1. The Morgan fingerprint density at radius 1 is 1.00 bits per heavy atom. The number of carbonyl (C=O) groups is 1. The van der Waals surface area contributed by atoms with Gasteiger partial charge in [-0.05, 0) is 41.9 Å². The van der Waals surface area contributed by atoms with E-state index in [0.29, 0.717) is 10.9 Å². The molecule has 0 heterocycles. The summed E-state index contributed by atoms with van der Waals surface area (Å²) >= 11 is 6.72. The highest BCUT2D eigenvalue weighted by molar-refractivity contribution is 7.99. The molecule has 0 radical (unpaired) electrons. The van der Waals surface area contributed by atoms with Gasteiger partial charge >= 0.3 is 0 Å². The maximum Gasteiger partial charge on any atom is 0.248 e. The average Bonchev–Trinajstić information content (AvgIpc) is 2.61. The van der Waals surface area contributed by atoms with Gasteiger partial charge in [0.05, 0.1) is 5.75 Å². The second kappa shape index (κ2) is 9.95. The molecular formula is C18H21N3OS2. The zero-order chi connectivity index (χ0) is 17.2. The number of nitrogens with one attached hydrogen (secondary N) is 3. The molecule has 6 heteroatoms.